The maximum Gasteiger partial charge on any atom is 0.156 e. The summed E-state index contributed by atoms with van der Waals surface area (Å²) in [5, 5.41) is 1.54. The van der Waals surface area contributed by atoms with Gasteiger partial charge in [0.1, 0.15) is 16.8 Å². The summed E-state index contributed by atoms with van der Waals surface area (Å²) in [7, 11) is 0. The summed E-state index contributed by atoms with van der Waals surface area (Å²) in [6.45, 7) is 0.748. The number of aryl methyl sites for hydroxylation is 1. The van der Waals surface area contributed by atoms with Crippen LogP contribution in [0.25, 0.3) is 0 Å². The Labute approximate surface area is 178 Å². The fourth-order valence-electron chi connectivity index (χ4n) is 2.22. The second kappa shape index (κ2) is 11.2. The topological polar surface area (TPSA) is 18.5 Å². The first-order valence-corrected chi connectivity index (χ1v) is 9.85. The van der Waals surface area contributed by atoms with Gasteiger partial charge in [-0.05, 0) is 43.0 Å². The third-order valence-corrected chi connectivity index (χ3v) is 4.60. The van der Waals surface area contributed by atoms with E-state index < -0.39 is 0 Å². The smallest absolute Gasteiger partial charge is 0.156 e. The molecule has 0 aliphatic heterocycles. The third-order valence-electron chi connectivity index (χ3n) is 3.48. The molecule has 140 valence electrons. The summed E-state index contributed by atoms with van der Waals surface area (Å²) in [6, 6.07) is 11.1. The summed E-state index contributed by atoms with van der Waals surface area (Å²) in [5.74, 6) is 0.971. The molecule has 0 heterocycles. The molecule has 0 aliphatic rings. The Morgan fingerprint density at radius 3 is 2.15 bits per heavy atom. The molecule has 0 N–H and O–H groups in total. The summed E-state index contributed by atoms with van der Waals surface area (Å²) in [6.07, 6.45) is 4.36. The van der Waals surface area contributed by atoms with Crippen molar-refractivity contribution in [2.45, 2.75) is 19.3 Å². The van der Waals surface area contributed by atoms with Crippen molar-refractivity contribution in [1.29, 1.82) is 0 Å². The maximum absolute atomic E-state index is 6.23. The van der Waals surface area contributed by atoms with Crippen LogP contribution in [0.2, 0.25) is 15.1 Å². The van der Waals surface area contributed by atoms with Crippen LogP contribution < -0.4 is 9.47 Å². The average Bonchev–Trinajstić information content (AvgIpc) is 2.58. The molecule has 26 heavy (non-hydrogen) atoms. The first-order chi connectivity index (χ1) is 12.5. The number of unbranched alkanes of at least 4 members (excludes halogenated alkanes) is 1. The average molecular weight is 455 g/mol. The molecular formula is C19H17Cl5O2. The van der Waals surface area contributed by atoms with Gasteiger partial charge < -0.3 is 9.47 Å². The summed E-state index contributed by atoms with van der Waals surface area (Å²) >= 11 is 29.4. The SMILES string of the molecule is ClC(Cl)=CCOc1cc(Cl)c(OCCCCc2ccc(Cl)cc2)c(Cl)c1. The van der Waals surface area contributed by atoms with Crippen LogP contribution in [0.5, 0.6) is 11.5 Å². The van der Waals surface area contributed by atoms with E-state index in [9.17, 15) is 0 Å². The first-order valence-electron chi connectivity index (χ1n) is 7.96. The second-order valence-electron chi connectivity index (χ2n) is 5.45. The molecular weight excluding hydrogens is 437 g/mol. The number of benzene rings is 2. The van der Waals surface area contributed by atoms with Crippen LogP contribution in [0.1, 0.15) is 18.4 Å². The van der Waals surface area contributed by atoms with E-state index in [-0.39, 0.29) is 11.1 Å². The zero-order chi connectivity index (χ0) is 18.9. The van der Waals surface area contributed by atoms with E-state index in [4.69, 9.17) is 67.5 Å². The van der Waals surface area contributed by atoms with Crippen molar-refractivity contribution >= 4 is 58.0 Å². The molecule has 0 unspecified atom stereocenters. The van der Waals surface area contributed by atoms with Gasteiger partial charge in [0.05, 0.1) is 16.7 Å². The van der Waals surface area contributed by atoms with Gasteiger partial charge in [-0.3, -0.25) is 0 Å². The fraction of sp³-hybridized carbons (Fsp3) is 0.263. The van der Waals surface area contributed by atoms with Crippen molar-refractivity contribution in [2.24, 2.45) is 0 Å². The monoisotopic (exact) mass is 452 g/mol. The molecule has 0 radical (unpaired) electrons. The quantitative estimate of drug-likeness (QED) is 0.361. The summed E-state index contributed by atoms with van der Waals surface area (Å²) in [4.78, 5) is 0. The third kappa shape index (κ3) is 7.46. The molecule has 0 aliphatic carbocycles. The van der Waals surface area contributed by atoms with Crippen LogP contribution in [-0.4, -0.2) is 13.2 Å². The van der Waals surface area contributed by atoms with Crippen molar-refractivity contribution in [3.8, 4) is 11.5 Å². The standard InChI is InChI=1S/C19H17Cl5O2/c20-14-6-4-13(5-7-14)3-1-2-9-26-19-16(21)11-15(12-17(19)22)25-10-8-18(23)24/h4-8,11-12H,1-3,9-10H2. The Balaban J connectivity index is 1.79. The van der Waals surface area contributed by atoms with Crippen LogP contribution in [0.4, 0.5) is 0 Å². The van der Waals surface area contributed by atoms with Crippen molar-refractivity contribution in [3.05, 3.63) is 67.6 Å². The molecule has 0 saturated heterocycles. The Bertz CT molecular complexity index is 717. The van der Waals surface area contributed by atoms with Crippen LogP contribution in [0, 0.1) is 0 Å². The molecule has 2 aromatic carbocycles. The molecule has 0 aromatic heterocycles. The van der Waals surface area contributed by atoms with E-state index in [0.29, 0.717) is 28.2 Å². The minimum Gasteiger partial charge on any atom is -0.490 e. The molecule has 0 bridgehead atoms. The number of hydrogen-bond donors (Lipinski definition) is 0. The van der Waals surface area contributed by atoms with Crippen LogP contribution in [-0.2, 0) is 6.42 Å². The molecule has 2 nitrogen and oxygen atoms in total. The van der Waals surface area contributed by atoms with E-state index >= 15 is 0 Å². The Hall–Kier alpha value is -0.770. The highest BCUT2D eigenvalue weighted by Gasteiger charge is 2.10. The lowest BCUT2D eigenvalue weighted by Gasteiger charge is -2.12. The largest absolute Gasteiger partial charge is 0.490 e. The van der Waals surface area contributed by atoms with Gasteiger partial charge in [0.2, 0.25) is 0 Å². The van der Waals surface area contributed by atoms with Crippen molar-refractivity contribution in [3.63, 3.8) is 0 Å². The Kier molecular flexibility index (Phi) is 9.24. The van der Waals surface area contributed by atoms with Gasteiger partial charge in [-0.25, -0.2) is 0 Å². The van der Waals surface area contributed by atoms with Crippen molar-refractivity contribution in [1.82, 2.24) is 0 Å². The maximum atomic E-state index is 6.23. The Morgan fingerprint density at radius 2 is 1.54 bits per heavy atom. The van der Waals surface area contributed by atoms with Gasteiger partial charge in [-0.15, -0.1) is 0 Å². The summed E-state index contributed by atoms with van der Waals surface area (Å²) in [5.41, 5.74) is 1.25. The minimum atomic E-state index is 0.140. The van der Waals surface area contributed by atoms with Gasteiger partial charge in [-0.1, -0.05) is 70.1 Å². The number of halogens is 5. The zero-order valence-corrected chi connectivity index (χ0v) is 17.6. The van der Waals surface area contributed by atoms with Crippen LogP contribution in [0.3, 0.4) is 0 Å². The fourth-order valence-corrected chi connectivity index (χ4v) is 3.04. The minimum absolute atomic E-state index is 0.140. The lowest BCUT2D eigenvalue weighted by atomic mass is 10.1. The van der Waals surface area contributed by atoms with Crippen LogP contribution >= 0.6 is 58.0 Å². The van der Waals surface area contributed by atoms with E-state index in [2.05, 4.69) is 0 Å². The van der Waals surface area contributed by atoms with Gasteiger partial charge >= 0.3 is 0 Å². The van der Waals surface area contributed by atoms with E-state index in [1.54, 1.807) is 12.1 Å². The number of hydrogen-bond acceptors (Lipinski definition) is 2. The van der Waals surface area contributed by atoms with Gasteiger partial charge in [-0.2, -0.15) is 0 Å². The molecule has 2 rings (SSSR count). The Morgan fingerprint density at radius 1 is 0.885 bits per heavy atom. The molecule has 0 amide bonds. The van der Waals surface area contributed by atoms with E-state index in [1.807, 2.05) is 24.3 Å². The van der Waals surface area contributed by atoms with Gasteiger partial charge in [0.25, 0.3) is 0 Å². The van der Waals surface area contributed by atoms with Crippen molar-refractivity contribution < 1.29 is 9.47 Å². The van der Waals surface area contributed by atoms with Crippen LogP contribution in [0.15, 0.2) is 47.0 Å². The molecule has 7 heteroatoms. The summed E-state index contributed by atoms with van der Waals surface area (Å²) < 4.78 is 11.3. The van der Waals surface area contributed by atoms with Gasteiger partial charge in [0.15, 0.2) is 5.75 Å². The highest BCUT2D eigenvalue weighted by molar-refractivity contribution is 6.55. The van der Waals surface area contributed by atoms with Crippen molar-refractivity contribution in [2.75, 3.05) is 13.2 Å². The first kappa shape index (κ1) is 21.5. The molecule has 0 saturated carbocycles. The highest BCUT2D eigenvalue weighted by Crippen LogP contribution is 2.37. The van der Waals surface area contributed by atoms with E-state index in [0.717, 1.165) is 24.3 Å². The predicted octanol–water partition coefficient (Wildman–Crippen LogP) is 7.75. The predicted molar refractivity (Wildman–Crippen MR) is 112 cm³/mol. The van der Waals surface area contributed by atoms with E-state index in [1.165, 1.54) is 11.6 Å². The number of ether oxygens (including phenoxy) is 2. The molecule has 2 aromatic rings. The zero-order valence-electron chi connectivity index (χ0n) is 13.8. The number of rotatable bonds is 9. The molecule has 0 spiro atoms. The molecule has 0 atom stereocenters. The van der Waals surface area contributed by atoms with Gasteiger partial charge in [0, 0.05) is 17.2 Å². The lowest BCUT2D eigenvalue weighted by Crippen LogP contribution is -2.00. The lowest BCUT2D eigenvalue weighted by molar-refractivity contribution is 0.306. The molecule has 0 fully saturated rings. The normalized spacial score (nSPS) is 10.5. The second-order valence-corrected chi connectivity index (χ2v) is 7.71. The highest BCUT2D eigenvalue weighted by atomic mass is 35.5.